The normalized spacial score (nSPS) is 15.0. The summed E-state index contributed by atoms with van der Waals surface area (Å²) >= 11 is 0. The summed E-state index contributed by atoms with van der Waals surface area (Å²) in [6, 6.07) is 9.46. The minimum absolute atomic E-state index is 0. The molecule has 0 atom stereocenters. The van der Waals surface area contributed by atoms with E-state index < -0.39 is 0 Å². The molecule has 6 nitrogen and oxygen atoms in total. The van der Waals surface area contributed by atoms with E-state index in [1.54, 1.807) is 12.1 Å². The van der Waals surface area contributed by atoms with E-state index in [1.807, 2.05) is 12.4 Å². The Hall–Kier alpha value is -2.36. The first-order valence-corrected chi connectivity index (χ1v) is 11.1. The van der Waals surface area contributed by atoms with E-state index in [1.165, 1.54) is 11.6 Å². The summed E-state index contributed by atoms with van der Waals surface area (Å²) in [5.41, 5.74) is 3.23. The van der Waals surface area contributed by atoms with Gasteiger partial charge in [-0.2, -0.15) is 0 Å². The van der Waals surface area contributed by atoms with Crippen molar-refractivity contribution in [2.24, 2.45) is 4.99 Å². The molecule has 3 N–H and O–H groups in total. The van der Waals surface area contributed by atoms with Crippen LogP contribution in [0.3, 0.4) is 0 Å². The number of halogens is 2. The maximum absolute atomic E-state index is 13.6. The van der Waals surface area contributed by atoms with Crippen LogP contribution in [0.4, 0.5) is 10.2 Å². The fourth-order valence-corrected chi connectivity index (χ4v) is 4.06. The van der Waals surface area contributed by atoms with Crippen molar-refractivity contribution in [3.8, 4) is 0 Å². The fraction of sp³-hybridized carbons (Fsp3) is 0.417. The lowest BCUT2D eigenvalue weighted by atomic mass is 10.1. The van der Waals surface area contributed by atoms with Crippen molar-refractivity contribution in [2.75, 3.05) is 31.1 Å². The summed E-state index contributed by atoms with van der Waals surface area (Å²) in [5, 5.41) is 7.87. The lowest BCUT2D eigenvalue weighted by molar-refractivity contribution is 0.459. The van der Waals surface area contributed by atoms with E-state index in [2.05, 4.69) is 51.5 Å². The van der Waals surface area contributed by atoms with Gasteiger partial charge in [-0.25, -0.2) is 9.37 Å². The number of aromatic nitrogens is 2. The van der Waals surface area contributed by atoms with Crippen LogP contribution < -0.4 is 15.5 Å². The second-order valence-electron chi connectivity index (χ2n) is 8.11. The summed E-state index contributed by atoms with van der Waals surface area (Å²) in [5.74, 6) is 1.69. The zero-order valence-electron chi connectivity index (χ0n) is 18.7. The first kappa shape index (κ1) is 24.3. The number of nitrogens with one attached hydrogen (secondary N) is 3. The van der Waals surface area contributed by atoms with E-state index in [9.17, 15) is 4.39 Å². The van der Waals surface area contributed by atoms with Gasteiger partial charge in [-0.1, -0.05) is 6.07 Å². The third kappa shape index (κ3) is 6.11. The van der Waals surface area contributed by atoms with Crippen LogP contribution in [0, 0.1) is 12.7 Å². The molecule has 8 heteroatoms. The summed E-state index contributed by atoms with van der Waals surface area (Å²) in [6.07, 6.45) is 6.73. The number of hydrogen-bond acceptors (Lipinski definition) is 3. The van der Waals surface area contributed by atoms with Gasteiger partial charge in [-0.15, -0.1) is 24.0 Å². The quantitative estimate of drug-likeness (QED) is 0.242. The molecule has 0 aliphatic carbocycles. The van der Waals surface area contributed by atoms with E-state index in [0.717, 1.165) is 67.1 Å². The number of piperidine rings is 1. The third-order valence-electron chi connectivity index (χ3n) is 5.78. The Balaban J connectivity index is 0.00000289. The van der Waals surface area contributed by atoms with E-state index in [4.69, 9.17) is 4.99 Å². The number of rotatable bonds is 6. The molecule has 0 radical (unpaired) electrons. The maximum Gasteiger partial charge on any atom is 0.191 e. The minimum atomic E-state index is -0.209. The summed E-state index contributed by atoms with van der Waals surface area (Å²) in [4.78, 5) is 14.9. The molecule has 0 unspecified atom stereocenters. The van der Waals surface area contributed by atoms with Gasteiger partial charge in [0.2, 0.25) is 0 Å². The second-order valence-corrected chi connectivity index (χ2v) is 8.11. The Bertz CT molecular complexity index is 1020. The van der Waals surface area contributed by atoms with Crippen LogP contribution in [-0.4, -0.2) is 48.1 Å². The molecule has 0 bridgehead atoms. The van der Waals surface area contributed by atoms with Gasteiger partial charge in [0.1, 0.15) is 11.6 Å². The number of benzene rings is 1. The predicted octanol–water partition coefficient (Wildman–Crippen LogP) is 4.40. The number of nitrogens with zero attached hydrogens (tertiary/aromatic N) is 3. The van der Waals surface area contributed by atoms with Crippen molar-refractivity contribution in [1.82, 2.24) is 20.6 Å². The first-order valence-electron chi connectivity index (χ1n) is 11.1. The van der Waals surface area contributed by atoms with Crippen molar-refractivity contribution >= 4 is 46.7 Å². The monoisotopic (exact) mass is 550 g/mol. The molecule has 1 aromatic carbocycles. The number of H-pyrrole nitrogens is 1. The molecular formula is C24H32FIN6. The first-order chi connectivity index (χ1) is 15.1. The SMILES string of the molecule is CCNC(=NCCc1c[nH]c2ccc(F)cc12)NC1CCN(c2ccc(C)cn2)CC1.I. The summed E-state index contributed by atoms with van der Waals surface area (Å²) in [6.45, 7) is 7.56. The standard InChI is InChI=1S/C24H31FN6.HI/c1-3-26-24(27-11-8-18-16-28-22-6-5-19(25)14-21(18)22)30-20-9-12-31(13-10-20)23-7-4-17(2)15-29-23;/h4-7,14-16,20,28H,3,8-13H2,1-2H3,(H2,26,27,30);1H. The minimum Gasteiger partial charge on any atom is -0.361 e. The van der Waals surface area contributed by atoms with Crippen LogP contribution in [0.2, 0.25) is 0 Å². The van der Waals surface area contributed by atoms with E-state index >= 15 is 0 Å². The highest BCUT2D eigenvalue weighted by Crippen LogP contribution is 2.20. The van der Waals surface area contributed by atoms with Gasteiger partial charge in [0.05, 0.1) is 0 Å². The molecule has 3 heterocycles. The Morgan fingerprint density at radius 2 is 2.06 bits per heavy atom. The number of hydrogen-bond donors (Lipinski definition) is 3. The molecule has 4 rings (SSSR count). The van der Waals surface area contributed by atoms with Crippen LogP contribution in [0.25, 0.3) is 10.9 Å². The van der Waals surface area contributed by atoms with Gasteiger partial charge in [0.25, 0.3) is 0 Å². The van der Waals surface area contributed by atoms with Crippen molar-refractivity contribution in [2.45, 2.75) is 39.2 Å². The van der Waals surface area contributed by atoms with Crippen molar-refractivity contribution in [3.63, 3.8) is 0 Å². The molecule has 0 spiro atoms. The lowest BCUT2D eigenvalue weighted by Crippen LogP contribution is -2.49. The highest BCUT2D eigenvalue weighted by molar-refractivity contribution is 14.0. The van der Waals surface area contributed by atoms with E-state index in [0.29, 0.717) is 12.6 Å². The van der Waals surface area contributed by atoms with Crippen LogP contribution in [0.15, 0.2) is 47.7 Å². The van der Waals surface area contributed by atoms with Gasteiger partial charge < -0.3 is 20.5 Å². The van der Waals surface area contributed by atoms with Crippen molar-refractivity contribution < 1.29 is 4.39 Å². The van der Waals surface area contributed by atoms with Crippen LogP contribution in [0.5, 0.6) is 0 Å². The van der Waals surface area contributed by atoms with Crippen molar-refractivity contribution in [1.29, 1.82) is 0 Å². The van der Waals surface area contributed by atoms with Gasteiger partial charge in [0, 0.05) is 55.5 Å². The number of aromatic amines is 1. The molecule has 1 saturated heterocycles. The highest BCUT2D eigenvalue weighted by Gasteiger charge is 2.20. The molecule has 2 aromatic heterocycles. The molecule has 0 saturated carbocycles. The van der Waals surface area contributed by atoms with Crippen molar-refractivity contribution in [3.05, 3.63) is 59.7 Å². The average Bonchev–Trinajstić information content (AvgIpc) is 3.17. The van der Waals surface area contributed by atoms with Crippen LogP contribution >= 0.6 is 24.0 Å². The third-order valence-corrected chi connectivity index (χ3v) is 5.78. The van der Waals surface area contributed by atoms with Gasteiger partial charge >= 0.3 is 0 Å². The summed E-state index contributed by atoms with van der Waals surface area (Å²) < 4.78 is 13.6. The van der Waals surface area contributed by atoms with Gasteiger partial charge in [0.15, 0.2) is 5.96 Å². The molecule has 172 valence electrons. The predicted molar refractivity (Wildman–Crippen MR) is 141 cm³/mol. The lowest BCUT2D eigenvalue weighted by Gasteiger charge is -2.33. The zero-order chi connectivity index (χ0) is 21.6. The summed E-state index contributed by atoms with van der Waals surface area (Å²) in [7, 11) is 0. The largest absolute Gasteiger partial charge is 0.361 e. The molecule has 3 aromatic rings. The number of fused-ring (bicyclic) bond motifs is 1. The molecule has 0 amide bonds. The number of anilines is 1. The molecule has 1 aliphatic heterocycles. The van der Waals surface area contributed by atoms with Gasteiger partial charge in [-0.05, 0) is 68.5 Å². The molecule has 1 aliphatic rings. The topological polar surface area (TPSA) is 68.3 Å². The Labute approximate surface area is 206 Å². The van der Waals surface area contributed by atoms with E-state index in [-0.39, 0.29) is 29.8 Å². The maximum atomic E-state index is 13.6. The highest BCUT2D eigenvalue weighted by atomic mass is 127. The molecule has 32 heavy (non-hydrogen) atoms. The zero-order valence-corrected chi connectivity index (χ0v) is 21.0. The molecular weight excluding hydrogens is 518 g/mol. The average molecular weight is 550 g/mol. The Kier molecular flexibility index (Phi) is 8.72. The molecule has 1 fully saturated rings. The van der Waals surface area contributed by atoms with Crippen LogP contribution in [-0.2, 0) is 6.42 Å². The smallest absolute Gasteiger partial charge is 0.191 e. The fourth-order valence-electron chi connectivity index (χ4n) is 4.06. The number of guanidine groups is 1. The van der Waals surface area contributed by atoms with Crippen LogP contribution in [0.1, 0.15) is 30.9 Å². The number of pyridine rings is 1. The van der Waals surface area contributed by atoms with Gasteiger partial charge in [-0.3, -0.25) is 4.99 Å². The second kappa shape index (κ2) is 11.5. The Morgan fingerprint density at radius 3 is 2.78 bits per heavy atom. The number of aryl methyl sites for hydroxylation is 1. The number of aliphatic imine (C=N–C) groups is 1. The Morgan fingerprint density at radius 1 is 1.25 bits per heavy atom.